The predicted octanol–water partition coefficient (Wildman–Crippen LogP) is 2.59. The third-order valence-corrected chi connectivity index (χ3v) is 5.78. The smallest absolute Gasteiger partial charge is 0.255 e. The Balaban J connectivity index is 1.38. The maximum Gasteiger partial charge on any atom is 0.255 e. The van der Waals surface area contributed by atoms with E-state index in [-0.39, 0.29) is 0 Å². The number of aryl methyl sites for hydroxylation is 1. The van der Waals surface area contributed by atoms with Crippen molar-refractivity contribution in [3.8, 4) is 11.6 Å². The second kappa shape index (κ2) is 6.58. The molecule has 0 spiro atoms. The van der Waals surface area contributed by atoms with E-state index < -0.39 is 0 Å². The molecule has 6 rings (SSSR count). The van der Waals surface area contributed by atoms with Crippen molar-refractivity contribution in [2.24, 2.45) is 0 Å². The highest BCUT2D eigenvalue weighted by Gasteiger charge is 2.28. The Morgan fingerprint density at radius 1 is 0.897 bits per heavy atom. The van der Waals surface area contributed by atoms with Gasteiger partial charge in [0.2, 0.25) is 5.82 Å². The van der Waals surface area contributed by atoms with Gasteiger partial charge >= 0.3 is 0 Å². The second-order valence-corrected chi connectivity index (χ2v) is 7.50. The molecule has 4 aromatic heterocycles. The number of pyridine rings is 1. The van der Waals surface area contributed by atoms with Gasteiger partial charge in [0.25, 0.3) is 5.78 Å². The molecule has 0 saturated carbocycles. The molecule has 5 heterocycles. The van der Waals surface area contributed by atoms with Crippen molar-refractivity contribution < 1.29 is 4.42 Å². The lowest BCUT2D eigenvalue weighted by molar-refractivity contribution is 0.577. The van der Waals surface area contributed by atoms with Crippen LogP contribution in [-0.4, -0.2) is 50.7 Å². The van der Waals surface area contributed by atoms with Gasteiger partial charge in [-0.25, -0.2) is 9.97 Å². The van der Waals surface area contributed by atoms with Crippen LogP contribution in [0.1, 0.15) is 17.7 Å². The van der Waals surface area contributed by atoms with Crippen molar-refractivity contribution >= 4 is 17.4 Å². The summed E-state index contributed by atoms with van der Waals surface area (Å²) in [6.07, 6.45) is 6.69. The van der Waals surface area contributed by atoms with Crippen molar-refractivity contribution in [1.82, 2.24) is 24.6 Å². The molecule has 1 saturated heterocycles. The summed E-state index contributed by atoms with van der Waals surface area (Å²) >= 11 is 0. The van der Waals surface area contributed by atoms with Gasteiger partial charge in [-0.15, -0.1) is 5.10 Å². The first-order valence-electron chi connectivity index (χ1n) is 10.1. The first-order valence-corrected chi connectivity index (χ1v) is 10.1. The van der Waals surface area contributed by atoms with Gasteiger partial charge in [-0.1, -0.05) is 6.07 Å². The molecule has 0 N–H and O–H groups in total. The van der Waals surface area contributed by atoms with E-state index in [9.17, 15) is 0 Å². The second-order valence-electron chi connectivity index (χ2n) is 7.50. The summed E-state index contributed by atoms with van der Waals surface area (Å²) in [6, 6.07) is 9.81. The lowest BCUT2D eigenvalue weighted by Crippen LogP contribution is -2.47. The Labute approximate surface area is 167 Å². The van der Waals surface area contributed by atoms with Crippen LogP contribution in [0.15, 0.2) is 47.2 Å². The first-order chi connectivity index (χ1) is 14.4. The van der Waals surface area contributed by atoms with Gasteiger partial charge in [0.15, 0.2) is 5.76 Å². The van der Waals surface area contributed by atoms with E-state index in [1.807, 2.05) is 35.0 Å². The van der Waals surface area contributed by atoms with Gasteiger partial charge in [0.1, 0.15) is 11.6 Å². The van der Waals surface area contributed by atoms with E-state index in [1.165, 1.54) is 5.56 Å². The van der Waals surface area contributed by atoms with Crippen molar-refractivity contribution in [3.63, 3.8) is 0 Å². The van der Waals surface area contributed by atoms with E-state index in [0.29, 0.717) is 17.4 Å². The van der Waals surface area contributed by atoms with E-state index in [1.54, 1.807) is 6.26 Å². The molecule has 0 amide bonds. The lowest BCUT2D eigenvalue weighted by Gasteiger charge is -2.37. The zero-order chi connectivity index (χ0) is 19.2. The zero-order valence-electron chi connectivity index (χ0n) is 16.0. The zero-order valence-corrected chi connectivity index (χ0v) is 16.0. The van der Waals surface area contributed by atoms with Crippen LogP contribution in [0, 0.1) is 0 Å². The Bertz CT molecular complexity index is 1140. The SMILES string of the molecule is c1ccc(N2CCN(c3c4c(nc5nc(-c6ccco6)nn35)CCC4)CC2)nc1. The van der Waals surface area contributed by atoms with Crippen LogP contribution >= 0.6 is 0 Å². The molecule has 8 heteroatoms. The average Bonchev–Trinajstić information content (AvgIpc) is 3.52. The molecule has 0 bridgehead atoms. The minimum Gasteiger partial charge on any atom is -0.461 e. The molecule has 146 valence electrons. The summed E-state index contributed by atoms with van der Waals surface area (Å²) in [5.74, 6) is 4.09. The van der Waals surface area contributed by atoms with Crippen molar-refractivity contribution in [3.05, 3.63) is 54.0 Å². The van der Waals surface area contributed by atoms with Gasteiger partial charge in [-0.3, -0.25) is 0 Å². The summed E-state index contributed by atoms with van der Waals surface area (Å²) in [4.78, 5) is 18.7. The summed E-state index contributed by atoms with van der Waals surface area (Å²) < 4.78 is 7.42. The summed E-state index contributed by atoms with van der Waals surface area (Å²) in [5, 5.41) is 4.77. The van der Waals surface area contributed by atoms with E-state index in [4.69, 9.17) is 14.5 Å². The number of anilines is 2. The highest BCUT2D eigenvalue weighted by atomic mass is 16.3. The summed E-state index contributed by atoms with van der Waals surface area (Å²) in [5.41, 5.74) is 2.48. The minimum absolute atomic E-state index is 0.583. The molecular formula is C21H21N7O. The van der Waals surface area contributed by atoms with Crippen molar-refractivity contribution in [2.45, 2.75) is 19.3 Å². The number of piperazine rings is 1. The predicted molar refractivity (Wildman–Crippen MR) is 109 cm³/mol. The normalized spacial score (nSPS) is 16.6. The Kier molecular flexibility index (Phi) is 3.75. The van der Waals surface area contributed by atoms with Crippen LogP contribution in [0.4, 0.5) is 11.6 Å². The van der Waals surface area contributed by atoms with E-state index in [0.717, 1.165) is 62.8 Å². The Morgan fingerprint density at radius 3 is 2.59 bits per heavy atom. The van der Waals surface area contributed by atoms with E-state index >= 15 is 0 Å². The standard InChI is InChI=1S/C21H21N7O/c1-2-9-22-18(8-1)26-10-12-27(13-11-26)20-15-5-3-6-16(15)23-21-24-19(25-28(20)21)17-7-4-14-29-17/h1-2,4,7-9,14H,3,5-6,10-13H2. The highest BCUT2D eigenvalue weighted by molar-refractivity contribution is 5.60. The van der Waals surface area contributed by atoms with Crippen LogP contribution in [0.2, 0.25) is 0 Å². The topological polar surface area (TPSA) is 75.6 Å². The third kappa shape index (κ3) is 2.74. The fourth-order valence-corrected chi connectivity index (χ4v) is 4.38. The monoisotopic (exact) mass is 387 g/mol. The highest BCUT2D eigenvalue weighted by Crippen LogP contribution is 2.32. The molecule has 0 atom stereocenters. The van der Waals surface area contributed by atoms with Crippen LogP contribution in [0.3, 0.4) is 0 Å². The van der Waals surface area contributed by atoms with E-state index in [2.05, 4.69) is 25.8 Å². The number of nitrogens with zero attached hydrogens (tertiary/aromatic N) is 7. The lowest BCUT2D eigenvalue weighted by atomic mass is 10.2. The number of hydrogen-bond donors (Lipinski definition) is 0. The van der Waals surface area contributed by atoms with Gasteiger partial charge in [-0.2, -0.15) is 9.50 Å². The van der Waals surface area contributed by atoms with Gasteiger partial charge in [-0.05, 0) is 43.5 Å². The van der Waals surface area contributed by atoms with Crippen LogP contribution in [0.25, 0.3) is 17.4 Å². The van der Waals surface area contributed by atoms with Crippen LogP contribution in [-0.2, 0) is 12.8 Å². The number of hydrogen-bond acceptors (Lipinski definition) is 7. The number of rotatable bonds is 3. The molecule has 0 unspecified atom stereocenters. The third-order valence-electron chi connectivity index (χ3n) is 5.78. The Hall–Kier alpha value is -3.42. The fourth-order valence-electron chi connectivity index (χ4n) is 4.38. The Morgan fingerprint density at radius 2 is 1.79 bits per heavy atom. The number of fused-ring (bicyclic) bond motifs is 2. The molecule has 1 aliphatic heterocycles. The van der Waals surface area contributed by atoms with Crippen LogP contribution in [0.5, 0.6) is 0 Å². The fraction of sp³-hybridized carbons (Fsp3) is 0.333. The van der Waals surface area contributed by atoms with Crippen molar-refractivity contribution in [2.75, 3.05) is 36.0 Å². The molecule has 29 heavy (non-hydrogen) atoms. The molecular weight excluding hydrogens is 366 g/mol. The first kappa shape index (κ1) is 16.5. The van der Waals surface area contributed by atoms with Gasteiger partial charge in [0, 0.05) is 37.9 Å². The largest absolute Gasteiger partial charge is 0.461 e. The molecule has 1 aliphatic carbocycles. The van der Waals surface area contributed by atoms with Gasteiger partial charge in [0.05, 0.1) is 12.0 Å². The number of aromatic nitrogens is 5. The molecule has 2 aliphatic rings. The molecule has 0 radical (unpaired) electrons. The molecule has 0 aromatic carbocycles. The minimum atomic E-state index is 0.583. The average molecular weight is 387 g/mol. The maximum absolute atomic E-state index is 5.50. The number of furan rings is 1. The van der Waals surface area contributed by atoms with Gasteiger partial charge < -0.3 is 14.2 Å². The maximum atomic E-state index is 5.50. The molecule has 4 aromatic rings. The quantitative estimate of drug-likeness (QED) is 0.535. The molecule has 8 nitrogen and oxygen atoms in total. The summed E-state index contributed by atoms with van der Waals surface area (Å²) in [7, 11) is 0. The summed E-state index contributed by atoms with van der Waals surface area (Å²) in [6.45, 7) is 3.68. The van der Waals surface area contributed by atoms with Crippen molar-refractivity contribution in [1.29, 1.82) is 0 Å². The molecule has 1 fully saturated rings. The van der Waals surface area contributed by atoms with Crippen LogP contribution < -0.4 is 9.80 Å².